The Morgan fingerprint density at radius 2 is 1.10 bits per heavy atom. The molecule has 1 aromatic heterocycles. The van der Waals surface area contributed by atoms with Crippen molar-refractivity contribution < 1.29 is 0 Å². The Morgan fingerprint density at radius 3 is 1.73 bits per heavy atom. The summed E-state index contributed by atoms with van der Waals surface area (Å²) in [5, 5.41) is 2.58. The highest BCUT2D eigenvalue weighted by Crippen LogP contribution is 2.62. The second-order valence-electron chi connectivity index (χ2n) is 11.2. The molecule has 0 amide bonds. The number of rotatable bonds is 2. The molecular formula is C40H35N. The van der Waals surface area contributed by atoms with Gasteiger partial charge in [0, 0.05) is 16.5 Å². The number of hydrogen-bond donors (Lipinski definition) is 0. The van der Waals surface area contributed by atoms with Crippen molar-refractivity contribution in [3.63, 3.8) is 0 Å². The fraction of sp³-hybridized carbons (Fsp3) is 0.150. The van der Waals surface area contributed by atoms with E-state index in [9.17, 15) is 0 Å². The van der Waals surface area contributed by atoms with Crippen LogP contribution in [0.15, 0.2) is 132 Å². The van der Waals surface area contributed by atoms with E-state index in [1.807, 2.05) is 13.8 Å². The number of para-hydroxylation sites is 2. The van der Waals surface area contributed by atoms with Gasteiger partial charge in [-0.2, -0.15) is 0 Å². The molecule has 1 heterocycles. The average Bonchev–Trinajstić information content (AvgIpc) is 3.59. The third-order valence-corrected chi connectivity index (χ3v) is 8.84. The fourth-order valence-corrected chi connectivity index (χ4v) is 7.40. The Labute approximate surface area is 243 Å². The Kier molecular flexibility index (Phi) is 5.87. The summed E-state index contributed by atoms with van der Waals surface area (Å²) in [7, 11) is 0. The summed E-state index contributed by atoms with van der Waals surface area (Å²) in [5.41, 5.74) is 15.6. The second-order valence-corrected chi connectivity index (χ2v) is 11.2. The van der Waals surface area contributed by atoms with E-state index in [0.717, 1.165) is 0 Å². The number of aromatic nitrogens is 1. The van der Waals surface area contributed by atoms with E-state index < -0.39 is 0 Å². The standard InChI is InChI=1S/C38H29N.C2H6/c1-24(2)22-34-25(3)27-12-4-8-16-32(27)38(34)33-17-9-5-13-28(33)29-21-20-26(23-35(29)38)39-36-18-10-6-14-30(36)31-15-7-11-19-37(31)39;1-2/h4-23H,1-3H3;1-2H3. The molecule has 200 valence electrons. The molecule has 1 heteroatoms. The summed E-state index contributed by atoms with van der Waals surface area (Å²) in [4.78, 5) is 0. The monoisotopic (exact) mass is 529 g/mol. The zero-order valence-corrected chi connectivity index (χ0v) is 24.5. The smallest absolute Gasteiger partial charge is 0.0722 e. The lowest BCUT2D eigenvalue weighted by Crippen LogP contribution is -2.27. The molecule has 0 aliphatic heterocycles. The van der Waals surface area contributed by atoms with Crippen molar-refractivity contribution in [3.8, 4) is 16.8 Å². The van der Waals surface area contributed by atoms with Crippen LogP contribution in [0.1, 0.15) is 56.9 Å². The fourth-order valence-electron chi connectivity index (χ4n) is 7.40. The molecular weight excluding hydrogens is 494 g/mol. The third-order valence-electron chi connectivity index (χ3n) is 8.84. The van der Waals surface area contributed by atoms with E-state index in [4.69, 9.17) is 0 Å². The van der Waals surface area contributed by atoms with Crippen LogP contribution >= 0.6 is 0 Å². The van der Waals surface area contributed by atoms with Crippen molar-refractivity contribution in [2.75, 3.05) is 0 Å². The van der Waals surface area contributed by atoms with Crippen molar-refractivity contribution in [3.05, 3.63) is 155 Å². The van der Waals surface area contributed by atoms with Gasteiger partial charge in [0.05, 0.1) is 16.4 Å². The van der Waals surface area contributed by atoms with Crippen LogP contribution in [0.2, 0.25) is 0 Å². The lowest BCUT2D eigenvalue weighted by Gasteiger charge is -2.32. The summed E-state index contributed by atoms with van der Waals surface area (Å²) in [6.07, 6.45) is 2.42. The number of allylic oxidation sites excluding steroid dienone is 4. The molecule has 0 bridgehead atoms. The van der Waals surface area contributed by atoms with E-state index >= 15 is 0 Å². The van der Waals surface area contributed by atoms with E-state index in [0.29, 0.717) is 0 Å². The minimum absolute atomic E-state index is 0.335. The van der Waals surface area contributed by atoms with Crippen LogP contribution in [0.3, 0.4) is 0 Å². The lowest BCUT2D eigenvalue weighted by atomic mass is 9.69. The van der Waals surface area contributed by atoms with Gasteiger partial charge in [-0.05, 0) is 89.6 Å². The summed E-state index contributed by atoms with van der Waals surface area (Å²) < 4.78 is 2.44. The number of nitrogens with zero attached hydrogens (tertiary/aromatic N) is 1. The normalized spacial score (nSPS) is 16.4. The highest BCUT2D eigenvalue weighted by molar-refractivity contribution is 6.09. The van der Waals surface area contributed by atoms with Crippen LogP contribution in [0, 0.1) is 0 Å². The Balaban J connectivity index is 0.00000135. The highest BCUT2D eigenvalue weighted by Gasteiger charge is 2.51. The maximum Gasteiger partial charge on any atom is 0.0722 e. The van der Waals surface area contributed by atoms with Crippen LogP contribution < -0.4 is 0 Å². The molecule has 2 aliphatic carbocycles. The van der Waals surface area contributed by atoms with Gasteiger partial charge in [-0.25, -0.2) is 0 Å². The molecule has 8 rings (SSSR count). The molecule has 0 radical (unpaired) electrons. The SMILES string of the molecule is CC.CC(C)=CC1=C(C)c2ccccc2C12c1ccccc1-c1ccc(-n3c4ccccc4c4ccccc43)cc12. The Bertz CT molecular complexity index is 1990. The van der Waals surface area contributed by atoms with E-state index in [1.165, 1.54) is 77.6 Å². The van der Waals surface area contributed by atoms with Gasteiger partial charge in [-0.15, -0.1) is 0 Å². The van der Waals surface area contributed by atoms with Gasteiger partial charge in [0.25, 0.3) is 0 Å². The molecule has 1 spiro atoms. The number of hydrogen-bond acceptors (Lipinski definition) is 0. The van der Waals surface area contributed by atoms with Gasteiger partial charge in [-0.1, -0.05) is 116 Å². The molecule has 2 aliphatic rings. The minimum Gasteiger partial charge on any atom is -0.309 e. The van der Waals surface area contributed by atoms with Crippen LogP contribution in [-0.2, 0) is 5.41 Å². The largest absolute Gasteiger partial charge is 0.309 e. The zero-order chi connectivity index (χ0) is 28.3. The van der Waals surface area contributed by atoms with E-state index in [2.05, 4.69) is 147 Å². The molecule has 41 heavy (non-hydrogen) atoms. The first-order valence-corrected chi connectivity index (χ1v) is 14.8. The zero-order valence-electron chi connectivity index (χ0n) is 24.5. The predicted molar refractivity (Wildman–Crippen MR) is 176 cm³/mol. The first kappa shape index (κ1) is 25.4. The van der Waals surface area contributed by atoms with E-state index in [-0.39, 0.29) is 5.41 Å². The van der Waals surface area contributed by atoms with Crippen LogP contribution in [-0.4, -0.2) is 4.57 Å². The topological polar surface area (TPSA) is 4.93 Å². The van der Waals surface area contributed by atoms with Crippen LogP contribution in [0.25, 0.3) is 44.2 Å². The molecule has 0 saturated heterocycles. The van der Waals surface area contributed by atoms with Crippen molar-refractivity contribution in [2.24, 2.45) is 0 Å². The molecule has 0 fully saturated rings. The first-order chi connectivity index (χ1) is 20.1. The second kappa shape index (κ2) is 9.49. The Morgan fingerprint density at radius 1 is 0.585 bits per heavy atom. The summed E-state index contributed by atoms with van der Waals surface area (Å²) in [6, 6.07) is 42.8. The van der Waals surface area contributed by atoms with Gasteiger partial charge >= 0.3 is 0 Å². The van der Waals surface area contributed by atoms with Gasteiger partial charge in [0.2, 0.25) is 0 Å². The van der Waals surface area contributed by atoms with Crippen molar-refractivity contribution in [2.45, 2.75) is 40.0 Å². The van der Waals surface area contributed by atoms with Crippen molar-refractivity contribution in [1.29, 1.82) is 0 Å². The van der Waals surface area contributed by atoms with Crippen LogP contribution in [0.4, 0.5) is 0 Å². The highest BCUT2D eigenvalue weighted by atomic mass is 15.0. The average molecular weight is 530 g/mol. The number of benzene rings is 5. The third kappa shape index (κ3) is 3.36. The minimum atomic E-state index is -0.335. The van der Waals surface area contributed by atoms with Gasteiger partial charge in [-0.3, -0.25) is 0 Å². The summed E-state index contributed by atoms with van der Waals surface area (Å²) in [5.74, 6) is 0. The maximum absolute atomic E-state index is 2.47. The van der Waals surface area contributed by atoms with Crippen molar-refractivity contribution in [1.82, 2.24) is 4.57 Å². The summed E-state index contributed by atoms with van der Waals surface area (Å²) in [6.45, 7) is 10.7. The summed E-state index contributed by atoms with van der Waals surface area (Å²) >= 11 is 0. The van der Waals surface area contributed by atoms with Gasteiger partial charge < -0.3 is 4.57 Å². The Hall–Kier alpha value is -4.62. The molecule has 0 N–H and O–H groups in total. The van der Waals surface area contributed by atoms with Crippen molar-refractivity contribution >= 4 is 27.4 Å². The molecule has 6 aromatic rings. The molecule has 1 nitrogen and oxygen atoms in total. The molecule has 1 unspecified atom stereocenters. The lowest BCUT2D eigenvalue weighted by molar-refractivity contribution is 0.783. The predicted octanol–water partition coefficient (Wildman–Crippen LogP) is 10.9. The van der Waals surface area contributed by atoms with Crippen LogP contribution in [0.5, 0.6) is 0 Å². The van der Waals surface area contributed by atoms with E-state index in [1.54, 1.807) is 0 Å². The molecule has 1 atom stereocenters. The molecule has 5 aromatic carbocycles. The van der Waals surface area contributed by atoms with Gasteiger partial charge in [0.15, 0.2) is 0 Å². The first-order valence-electron chi connectivity index (χ1n) is 14.8. The van der Waals surface area contributed by atoms with Gasteiger partial charge in [0.1, 0.15) is 0 Å². The molecule has 0 saturated carbocycles. The quantitative estimate of drug-likeness (QED) is 0.210. The maximum atomic E-state index is 2.47. The number of fused-ring (bicyclic) bond motifs is 10.